The molecule has 1 aliphatic carbocycles. The molecular formula is C23H29NO3S. The molecule has 0 radical (unpaired) electrons. The number of nitrogens with zero attached hydrogens (tertiary/aromatic N) is 1. The van der Waals surface area contributed by atoms with Crippen LogP contribution in [-0.4, -0.2) is 32.6 Å². The number of ketones is 1. The van der Waals surface area contributed by atoms with E-state index in [0.29, 0.717) is 23.5 Å². The smallest absolute Gasteiger partial charge is 0.242 e. The van der Waals surface area contributed by atoms with Gasteiger partial charge in [0.15, 0.2) is 0 Å². The van der Waals surface area contributed by atoms with E-state index in [1.165, 1.54) is 4.31 Å². The van der Waals surface area contributed by atoms with Crippen molar-refractivity contribution in [2.24, 2.45) is 5.41 Å². The monoisotopic (exact) mass is 399 g/mol. The van der Waals surface area contributed by atoms with Crippen LogP contribution in [0.15, 0.2) is 41.3 Å². The second-order valence-corrected chi connectivity index (χ2v) is 10.4. The van der Waals surface area contributed by atoms with Crippen molar-refractivity contribution in [3.8, 4) is 11.1 Å². The lowest BCUT2D eigenvalue weighted by atomic mass is 9.92. The highest BCUT2D eigenvalue weighted by atomic mass is 32.2. The summed E-state index contributed by atoms with van der Waals surface area (Å²) >= 11 is 0. The molecule has 1 saturated carbocycles. The Balaban J connectivity index is 1.99. The Labute approximate surface area is 168 Å². The Morgan fingerprint density at radius 1 is 1.11 bits per heavy atom. The summed E-state index contributed by atoms with van der Waals surface area (Å²) in [6, 6.07) is 11.7. The highest BCUT2D eigenvalue weighted by Gasteiger charge is 2.43. The van der Waals surface area contributed by atoms with Crippen LogP contribution in [-0.2, 0) is 27.7 Å². The molecule has 0 aliphatic heterocycles. The predicted octanol–water partition coefficient (Wildman–Crippen LogP) is 4.39. The summed E-state index contributed by atoms with van der Waals surface area (Å²) < 4.78 is 26.4. The van der Waals surface area contributed by atoms with Gasteiger partial charge in [0.25, 0.3) is 0 Å². The summed E-state index contributed by atoms with van der Waals surface area (Å²) in [7, 11) is -0.375. The summed E-state index contributed by atoms with van der Waals surface area (Å²) in [6.07, 6.45) is 3.07. The van der Waals surface area contributed by atoms with Gasteiger partial charge >= 0.3 is 0 Å². The molecule has 5 heteroatoms. The largest absolute Gasteiger partial charge is 0.299 e. The van der Waals surface area contributed by atoms with Crippen LogP contribution in [0.2, 0.25) is 0 Å². The molecule has 3 rings (SSSR count). The molecule has 0 unspecified atom stereocenters. The minimum atomic E-state index is -3.47. The summed E-state index contributed by atoms with van der Waals surface area (Å²) in [4.78, 5) is 12.8. The minimum absolute atomic E-state index is 0.122. The summed E-state index contributed by atoms with van der Waals surface area (Å²) in [6.45, 7) is 6.05. The Kier molecular flexibility index (Phi) is 5.52. The van der Waals surface area contributed by atoms with Crippen molar-refractivity contribution in [2.75, 3.05) is 14.1 Å². The second-order valence-electron chi connectivity index (χ2n) is 8.27. The fourth-order valence-corrected chi connectivity index (χ4v) is 4.59. The molecule has 150 valence electrons. The van der Waals surface area contributed by atoms with Crippen molar-refractivity contribution in [1.29, 1.82) is 0 Å². The first-order chi connectivity index (χ1) is 13.1. The highest BCUT2D eigenvalue weighted by Crippen LogP contribution is 2.46. The van der Waals surface area contributed by atoms with Crippen LogP contribution >= 0.6 is 0 Å². The maximum absolute atomic E-state index is 12.6. The number of rotatable bonds is 7. The number of benzene rings is 2. The van der Waals surface area contributed by atoms with E-state index in [0.717, 1.165) is 40.7 Å². The van der Waals surface area contributed by atoms with Crippen molar-refractivity contribution in [3.05, 3.63) is 53.1 Å². The molecule has 0 saturated heterocycles. The summed E-state index contributed by atoms with van der Waals surface area (Å²) in [5.74, 6) is 0.309. The number of carbonyl (C=O) groups excluding carboxylic acids is 1. The van der Waals surface area contributed by atoms with Gasteiger partial charge in [0, 0.05) is 25.9 Å². The van der Waals surface area contributed by atoms with Gasteiger partial charge in [0.1, 0.15) is 5.78 Å². The number of hydrogen-bond acceptors (Lipinski definition) is 3. The van der Waals surface area contributed by atoms with Gasteiger partial charge in [-0.3, -0.25) is 4.79 Å². The molecule has 1 aliphatic rings. The van der Waals surface area contributed by atoms with Crippen LogP contribution in [0.1, 0.15) is 43.4 Å². The summed E-state index contributed by atoms with van der Waals surface area (Å²) in [5.41, 5.74) is 4.84. The van der Waals surface area contributed by atoms with Crippen molar-refractivity contribution in [3.63, 3.8) is 0 Å². The van der Waals surface area contributed by atoms with Crippen LogP contribution in [0, 0.1) is 12.3 Å². The Morgan fingerprint density at radius 2 is 1.79 bits per heavy atom. The highest BCUT2D eigenvalue weighted by molar-refractivity contribution is 7.89. The van der Waals surface area contributed by atoms with E-state index < -0.39 is 10.0 Å². The van der Waals surface area contributed by atoms with Gasteiger partial charge in [0.05, 0.1) is 4.90 Å². The maximum atomic E-state index is 12.6. The quantitative estimate of drug-likeness (QED) is 0.694. The van der Waals surface area contributed by atoms with Crippen molar-refractivity contribution >= 4 is 15.8 Å². The molecule has 0 amide bonds. The molecule has 0 spiro atoms. The van der Waals surface area contributed by atoms with Gasteiger partial charge in [0.2, 0.25) is 10.0 Å². The van der Waals surface area contributed by atoms with Crippen LogP contribution in [0.4, 0.5) is 0 Å². The van der Waals surface area contributed by atoms with E-state index in [1.54, 1.807) is 20.2 Å². The van der Waals surface area contributed by atoms with E-state index in [-0.39, 0.29) is 5.41 Å². The zero-order valence-electron chi connectivity index (χ0n) is 17.4. The van der Waals surface area contributed by atoms with Crippen LogP contribution in [0.25, 0.3) is 11.1 Å². The van der Waals surface area contributed by atoms with E-state index in [2.05, 4.69) is 6.07 Å². The molecule has 0 aromatic heterocycles. The number of carbonyl (C=O) groups is 1. The molecule has 2 aromatic carbocycles. The Bertz CT molecular complexity index is 1020. The first-order valence-electron chi connectivity index (χ1n) is 9.77. The third-order valence-corrected chi connectivity index (χ3v) is 7.77. The van der Waals surface area contributed by atoms with Crippen LogP contribution in [0.5, 0.6) is 0 Å². The average Bonchev–Trinajstić information content (AvgIpc) is 3.41. The fourth-order valence-electron chi connectivity index (χ4n) is 3.43. The molecule has 0 atom stereocenters. The van der Waals surface area contributed by atoms with E-state index in [9.17, 15) is 13.2 Å². The SMILES string of the molecule is CCc1cc(-c2cc(CC(=O)C3(C)CC3)ccc2C)ccc1S(=O)(=O)N(C)C. The van der Waals surface area contributed by atoms with Gasteiger partial charge in [-0.15, -0.1) is 0 Å². The lowest BCUT2D eigenvalue weighted by Crippen LogP contribution is -2.23. The van der Waals surface area contributed by atoms with Gasteiger partial charge < -0.3 is 0 Å². The molecule has 0 N–H and O–H groups in total. The molecule has 2 aromatic rings. The van der Waals surface area contributed by atoms with Crippen molar-refractivity contribution in [1.82, 2.24) is 4.31 Å². The zero-order chi connectivity index (χ0) is 20.7. The molecule has 0 bridgehead atoms. The number of hydrogen-bond donors (Lipinski definition) is 0. The molecular weight excluding hydrogens is 370 g/mol. The number of aryl methyl sites for hydroxylation is 2. The number of sulfonamides is 1. The van der Waals surface area contributed by atoms with Gasteiger partial charge in [-0.05, 0) is 66.1 Å². The number of Topliss-reactive ketones (excluding diaryl/α,β-unsaturated/α-hetero) is 1. The molecule has 0 heterocycles. The first-order valence-corrected chi connectivity index (χ1v) is 11.2. The topological polar surface area (TPSA) is 54.5 Å². The van der Waals surface area contributed by atoms with Gasteiger partial charge in [-0.1, -0.05) is 38.1 Å². The Morgan fingerprint density at radius 3 is 2.36 bits per heavy atom. The first kappa shape index (κ1) is 20.7. The Hall–Kier alpha value is -1.98. The van der Waals surface area contributed by atoms with E-state index in [4.69, 9.17) is 0 Å². The summed E-state index contributed by atoms with van der Waals surface area (Å²) in [5, 5.41) is 0. The van der Waals surface area contributed by atoms with Crippen molar-refractivity contribution in [2.45, 2.75) is 51.3 Å². The second kappa shape index (κ2) is 7.45. The molecule has 4 nitrogen and oxygen atoms in total. The van der Waals surface area contributed by atoms with Gasteiger partial charge in [-0.25, -0.2) is 12.7 Å². The van der Waals surface area contributed by atoms with E-state index >= 15 is 0 Å². The van der Waals surface area contributed by atoms with Crippen molar-refractivity contribution < 1.29 is 13.2 Å². The third-order valence-electron chi connectivity index (χ3n) is 5.85. The lowest BCUT2D eigenvalue weighted by molar-refractivity contribution is -0.122. The van der Waals surface area contributed by atoms with Crippen LogP contribution < -0.4 is 0 Å². The van der Waals surface area contributed by atoms with Gasteiger partial charge in [-0.2, -0.15) is 0 Å². The normalized spacial score (nSPS) is 15.6. The third kappa shape index (κ3) is 3.91. The average molecular weight is 400 g/mol. The predicted molar refractivity (Wildman–Crippen MR) is 113 cm³/mol. The standard InChI is InChI=1S/C23H29NO3S/c1-6-18-15-19(9-10-21(18)28(26,27)24(4)5)20-13-17(8-7-16(20)2)14-22(25)23(3)11-12-23/h7-10,13,15H,6,11-12,14H2,1-5H3. The zero-order valence-corrected chi connectivity index (χ0v) is 18.2. The van der Waals surface area contributed by atoms with Crippen LogP contribution in [0.3, 0.4) is 0 Å². The minimum Gasteiger partial charge on any atom is -0.299 e. The lowest BCUT2D eigenvalue weighted by Gasteiger charge is -2.17. The fraction of sp³-hybridized carbons (Fsp3) is 0.435. The maximum Gasteiger partial charge on any atom is 0.242 e. The molecule has 28 heavy (non-hydrogen) atoms. The van der Waals surface area contributed by atoms with E-state index in [1.807, 2.05) is 45.0 Å². The molecule has 1 fully saturated rings.